The van der Waals surface area contributed by atoms with E-state index in [4.69, 9.17) is 17.3 Å². The van der Waals surface area contributed by atoms with E-state index < -0.39 is 11.6 Å². The SMILES string of the molecule is CN(C)C1CCc2sc(C(=O)NC3CCCCC3(N)C(=O)c3cc4cc(Cl)ccc4[nH]3)nc2C1.Cl. The first kappa shape index (κ1) is 26.1. The fourth-order valence-electron chi connectivity index (χ4n) is 5.27. The zero-order valence-electron chi connectivity index (χ0n) is 19.9. The Bertz CT molecular complexity index is 1260. The van der Waals surface area contributed by atoms with Gasteiger partial charge in [0, 0.05) is 33.3 Å². The normalized spacial score (nSPS) is 24.1. The number of aryl methyl sites for hydroxylation is 1. The Morgan fingerprint density at radius 3 is 2.83 bits per heavy atom. The number of aromatic nitrogens is 2. The van der Waals surface area contributed by atoms with E-state index in [1.807, 2.05) is 12.1 Å². The fraction of sp³-hybridized carbons (Fsp3) is 0.480. The minimum Gasteiger partial charge on any atom is -0.352 e. The lowest BCUT2D eigenvalue weighted by Crippen LogP contribution is -2.64. The van der Waals surface area contributed by atoms with E-state index in [-0.39, 0.29) is 24.1 Å². The number of ketones is 1. The van der Waals surface area contributed by atoms with Crippen molar-refractivity contribution < 1.29 is 9.59 Å². The molecule has 2 aliphatic carbocycles. The number of likely N-dealkylation sites (N-methyl/N-ethyl adjacent to an activating group) is 1. The van der Waals surface area contributed by atoms with Crippen molar-refractivity contribution in [3.63, 3.8) is 0 Å². The summed E-state index contributed by atoms with van der Waals surface area (Å²) in [6, 6.07) is 7.24. The number of fused-ring (bicyclic) bond motifs is 2. The van der Waals surface area contributed by atoms with Gasteiger partial charge in [0.25, 0.3) is 5.91 Å². The minimum atomic E-state index is -1.18. The number of nitrogens with one attached hydrogen (secondary N) is 2. The van der Waals surface area contributed by atoms with Gasteiger partial charge in [-0.05, 0) is 64.0 Å². The zero-order chi connectivity index (χ0) is 24.0. The van der Waals surface area contributed by atoms with Crippen LogP contribution in [0.2, 0.25) is 5.02 Å². The molecule has 3 atom stereocenters. The Kier molecular flexibility index (Phi) is 7.60. The van der Waals surface area contributed by atoms with Crippen molar-refractivity contribution in [3.8, 4) is 0 Å². The summed E-state index contributed by atoms with van der Waals surface area (Å²) in [5.41, 5.74) is 7.90. The van der Waals surface area contributed by atoms with E-state index in [2.05, 4.69) is 34.3 Å². The molecule has 0 radical (unpaired) electrons. The number of aromatic amines is 1. The molecule has 1 aromatic carbocycles. The van der Waals surface area contributed by atoms with Crippen LogP contribution in [0.4, 0.5) is 0 Å². The molecule has 7 nitrogen and oxygen atoms in total. The molecule has 2 aromatic heterocycles. The van der Waals surface area contributed by atoms with Crippen molar-refractivity contribution in [3.05, 3.63) is 50.6 Å². The summed E-state index contributed by atoms with van der Waals surface area (Å²) >= 11 is 7.57. The first-order valence-electron chi connectivity index (χ1n) is 11.8. The molecule has 0 saturated heterocycles. The average Bonchev–Trinajstić information content (AvgIpc) is 3.43. The second-order valence-corrected chi connectivity index (χ2v) is 11.3. The van der Waals surface area contributed by atoms with Crippen LogP contribution in [0.25, 0.3) is 10.9 Å². The maximum Gasteiger partial charge on any atom is 0.280 e. The van der Waals surface area contributed by atoms with Gasteiger partial charge in [0.2, 0.25) is 5.78 Å². The molecule has 2 heterocycles. The number of halogens is 2. The third-order valence-electron chi connectivity index (χ3n) is 7.35. The summed E-state index contributed by atoms with van der Waals surface area (Å²) in [4.78, 5) is 38.1. The monoisotopic (exact) mass is 535 g/mol. The molecule has 1 saturated carbocycles. The molecule has 5 rings (SSSR count). The largest absolute Gasteiger partial charge is 0.352 e. The van der Waals surface area contributed by atoms with E-state index in [9.17, 15) is 9.59 Å². The number of thiazole rings is 1. The quantitative estimate of drug-likeness (QED) is 0.420. The van der Waals surface area contributed by atoms with E-state index in [1.54, 1.807) is 12.1 Å². The van der Waals surface area contributed by atoms with Gasteiger partial charge in [-0.15, -0.1) is 23.7 Å². The lowest BCUT2D eigenvalue weighted by molar-refractivity contribution is 0.0755. The standard InChI is InChI=1S/C25H30ClN5O2S.ClH/c1-31(2)16-7-9-20-18(13-16)29-24(34-20)23(33)30-21-5-3-4-10-25(21,27)22(32)19-12-14-11-15(26)6-8-17(14)28-19;/h6,8,11-12,16,21,28H,3-5,7,9-10,13,27H2,1-2H3,(H,30,33);1H. The summed E-state index contributed by atoms with van der Waals surface area (Å²) < 4.78 is 0. The van der Waals surface area contributed by atoms with Crippen molar-refractivity contribution >= 4 is 57.9 Å². The molecular formula is C25H31Cl2N5O2S. The second kappa shape index (κ2) is 10.2. The molecule has 35 heavy (non-hydrogen) atoms. The van der Waals surface area contributed by atoms with E-state index in [0.29, 0.717) is 34.6 Å². The van der Waals surface area contributed by atoms with Gasteiger partial charge in [-0.1, -0.05) is 24.4 Å². The number of nitrogens with zero attached hydrogens (tertiary/aromatic N) is 2. The van der Waals surface area contributed by atoms with E-state index in [0.717, 1.165) is 48.7 Å². The van der Waals surface area contributed by atoms with Crippen molar-refractivity contribution in [2.75, 3.05) is 14.1 Å². The molecular weight excluding hydrogens is 505 g/mol. The highest BCUT2D eigenvalue weighted by molar-refractivity contribution is 7.13. The van der Waals surface area contributed by atoms with Gasteiger partial charge in [0.1, 0.15) is 5.54 Å². The van der Waals surface area contributed by atoms with Crippen molar-refractivity contribution in [2.24, 2.45) is 5.73 Å². The third-order valence-corrected chi connectivity index (χ3v) is 8.74. The molecule has 2 aliphatic rings. The Hall–Kier alpha value is -1.97. The van der Waals surface area contributed by atoms with Gasteiger partial charge in [-0.3, -0.25) is 9.59 Å². The average molecular weight is 537 g/mol. The Morgan fingerprint density at radius 1 is 1.26 bits per heavy atom. The number of carbonyl (C=O) groups is 2. The molecule has 0 spiro atoms. The Balaban J connectivity index is 0.00000289. The van der Waals surface area contributed by atoms with Crippen LogP contribution in [0, 0.1) is 0 Å². The zero-order valence-corrected chi connectivity index (χ0v) is 22.3. The summed E-state index contributed by atoms with van der Waals surface area (Å²) in [7, 11) is 4.16. The summed E-state index contributed by atoms with van der Waals surface area (Å²) in [5.74, 6) is -0.421. The number of H-pyrrole nitrogens is 1. The highest BCUT2D eigenvalue weighted by atomic mass is 35.5. The van der Waals surface area contributed by atoms with Gasteiger partial charge < -0.3 is 20.9 Å². The van der Waals surface area contributed by atoms with Crippen LogP contribution in [-0.4, -0.2) is 58.3 Å². The summed E-state index contributed by atoms with van der Waals surface area (Å²) in [6.07, 6.45) is 5.81. The molecule has 3 aromatic rings. The molecule has 188 valence electrons. The number of amides is 1. The van der Waals surface area contributed by atoms with Gasteiger partial charge >= 0.3 is 0 Å². The van der Waals surface area contributed by atoms with Gasteiger partial charge in [0.05, 0.1) is 17.4 Å². The smallest absolute Gasteiger partial charge is 0.280 e. The molecule has 10 heteroatoms. The highest BCUT2D eigenvalue weighted by Gasteiger charge is 2.45. The Labute approximate surface area is 220 Å². The fourth-order valence-corrected chi connectivity index (χ4v) is 6.45. The summed E-state index contributed by atoms with van der Waals surface area (Å²) in [5, 5.41) is 5.01. The summed E-state index contributed by atoms with van der Waals surface area (Å²) in [6.45, 7) is 0. The molecule has 1 amide bonds. The van der Waals surface area contributed by atoms with Crippen molar-refractivity contribution in [2.45, 2.75) is 62.6 Å². The highest BCUT2D eigenvalue weighted by Crippen LogP contribution is 2.33. The van der Waals surface area contributed by atoms with E-state index >= 15 is 0 Å². The number of hydrogen-bond donors (Lipinski definition) is 3. The van der Waals surface area contributed by atoms with Gasteiger partial charge in [0.15, 0.2) is 5.01 Å². The van der Waals surface area contributed by atoms with Crippen LogP contribution < -0.4 is 11.1 Å². The molecule has 1 fully saturated rings. The molecule has 4 N–H and O–H groups in total. The van der Waals surface area contributed by atoms with E-state index in [1.165, 1.54) is 16.2 Å². The van der Waals surface area contributed by atoms with Gasteiger partial charge in [-0.25, -0.2) is 4.98 Å². The van der Waals surface area contributed by atoms with Crippen molar-refractivity contribution in [1.29, 1.82) is 0 Å². The number of benzene rings is 1. The van der Waals surface area contributed by atoms with Crippen LogP contribution in [0.15, 0.2) is 24.3 Å². The predicted octanol–water partition coefficient (Wildman–Crippen LogP) is 4.37. The lowest BCUT2D eigenvalue weighted by Gasteiger charge is -2.39. The topological polar surface area (TPSA) is 104 Å². The predicted molar refractivity (Wildman–Crippen MR) is 143 cm³/mol. The minimum absolute atomic E-state index is 0. The van der Waals surface area contributed by atoms with Crippen LogP contribution in [-0.2, 0) is 12.8 Å². The first-order valence-corrected chi connectivity index (χ1v) is 13.0. The third kappa shape index (κ3) is 5.00. The maximum absolute atomic E-state index is 13.6. The Morgan fingerprint density at radius 2 is 2.06 bits per heavy atom. The molecule has 0 bridgehead atoms. The first-order chi connectivity index (χ1) is 16.2. The van der Waals surface area contributed by atoms with Crippen LogP contribution in [0.5, 0.6) is 0 Å². The number of Topliss-reactive ketones (excluding diaryl/α,β-unsaturated/α-hetero) is 1. The van der Waals surface area contributed by atoms with Crippen LogP contribution >= 0.6 is 35.3 Å². The number of rotatable bonds is 5. The number of nitrogens with two attached hydrogens (primary N) is 1. The molecule has 0 aliphatic heterocycles. The van der Waals surface area contributed by atoms with Crippen LogP contribution in [0.3, 0.4) is 0 Å². The van der Waals surface area contributed by atoms with Gasteiger partial charge in [-0.2, -0.15) is 0 Å². The van der Waals surface area contributed by atoms with Crippen LogP contribution in [0.1, 0.15) is 63.0 Å². The number of carbonyl (C=O) groups excluding carboxylic acids is 2. The van der Waals surface area contributed by atoms with Crippen molar-refractivity contribution in [1.82, 2.24) is 20.2 Å². The lowest BCUT2D eigenvalue weighted by atomic mass is 9.74. The maximum atomic E-state index is 13.6. The second-order valence-electron chi connectivity index (χ2n) is 9.81. The number of hydrogen-bond acceptors (Lipinski definition) is 6. The molecule has 3 unspecified atom stereocenters.